The second-order valence-electron chi connectivity index (χ2n) is 8.88. The van der Waals surface area contributed by atoms with Crippen LogP contribution in [-0.2, 0) is 16.4 Å². The summed E-state index contributed by atoms with van der Waals surface area (Å²) in [7, 11) is -3.39. The summed E-state index contributed by atoms with van der Waals surface area (Å²) in [6.07, 6.45) is 8.53. The number of fused-ring (bicyclic) bond motifs is 1. The molecule has 2 aromatic heterocycles. The molecule has 1 aliphatic rings. The van der Waals surface area contributed by atoms with E-state index in [0.717, 1.165) is 49.8 Å². The number of aryl methyl sites for hydroxylation is 1. The van der Waals surface area contributed by atoms with Crippen LogP contribution >= 0.6 is 0 Å². The molecule has 0 aliphatic carbocycles. The topological polar surface area (TPSA) is 98.4 Å². The number of pyridine rings is 1. The van der Waals surface area contributed by atoms with E-state index in [1.165, 1.54) is 5.56 Å². The van der Waals surface area contributed by atoms with Gasteiger partial charge in [0.15, 0.2) is 0 Å². The van der Waals surface area contributed by atoms with Crippen molar-refractivity contribution in [3.63, 3.8) is 0 Å². The Morgan fingerprint density at radius 2 is 2.00 bits per heavy atom. The predicted octanol–water partition coefficient (Wildman–Crippen LogP) is 4.02. The zero-order valence-electron chi connectivity index (χ0n) is 20.0. The van der Waals surface area contributed by atoms with E-state index >= 15 is 0 Å². The Morgan fingerprint density at radius 3 is 2.68 bits per heavy atom. The first-order valence-electron chi connectivity index (χ1n) is 11.9. The second-order valence-corrected chi connectivity index (χ2v) is 10.6. The van der Waals surface area contributed by atoms with E-state index < -0.39 is 10.0 Å². The van der Waals surface area contributed by atoms with Crippen molar-refractivity contribution in [3.8, 4) is 0 Å². The fraction of sp³-hybridized carbons (Fsp3) is 0.440. The van der Waals surface area contributed by atoms with Gasteiger partial charge in [0.2, 0.25) is 10.0 Å². The quantitative estimate of drug-likeness (QED) is 0.504. The molecule has 182 valence electrons. The van der Waals surface area contributed by atoms with E-state index in [9.17, 15) is 13.2 Å². The van der Waals surface area contributed by atoms with E-state index in [-0.39, 0.29) is 5.91 Å². The molecular formula is C25H33N5O3S. The molecule has 0 unspecified atom stereocenters. The molecule has 9 heteroatoms. The van der Waals surface area contributed by atoms with Crippen LogP contribution in [-0.4, -0.2) is 61.1 Å². The summed E-state index contributed by atoms with van der Waals surface area (Å²) in [5.74, 6) is 1.04. The lowest BCUT2D eigenvalue weighted by Gasteiger charge is -2.39. The van der Waals surface area contributed by atoms with Crippen molar-refractivity contribution < 1.29 is 13.2 Å². The van der Waals surface area contributed by atoms with Gasteiger partial charge in [-0.2, -0.15) is 0 Å². The maximum absolute atomic E-state index is 13.4. The van der Waals surface area contributed by atoms with Gasteiger partial charge in [-0.1, -0.05) is 19.4 Å². The second kappa shape index (κ2) is 10.0. The average molecular weight is 484 g/mol. The third-order valence-electron chi connectivity index (χ3n) is 6.41. The number of hydrogen-bond donors (Lipinski definition) is 2. The summed E-state index contributed by atoms with van der Waals surface area (Å²) in [6.45, 7) is 6.57. The molecule has 0 saturated carbocycles. The number of H-pyrrole nitrogens is 1. The van der Waals surface area contributed by atoms with Crippen molar-refractivity contribution in [3.05, 3.63) is 53.9 Å². The molecule has 0 atom stereocenters. The number of nitrogens with zero attached hydrogens (tertiary/aromatic N) is 3. The molecule has 0 spiro atoms. The molecule has 4 rings (SSSR count). The van der Waals surface area contributed by atoms with Crippen LogP contribution in [0, 0.1) is 0 Å². The normalized spacial score (nSPS) is 15.0. The van der Waals surface area contributed by atoms with Crippen molar-refractivity contribution in [2.75, 3.05) is 35.5 Å². The number of likely N-dealkylation sites (tertiary alicyclic amines) is 1. The molecule has 3 heterocycles. The number of hydrogen-bond acceptors (Lipinski definition) is 5. The van der Waals surface area contributed by atoms with Gasteiger partial charge >= 0.3 is 0 Å². The number of aromatic nitrogens is 2. The zero-order valence-corrected chi connectivity index (χ0v) is 20.9. The van der Waals surface area contributed by atoms with Gasteiger partial charge in [-0.3, -0.25) is 9.52 Å². The largest absolute Gasteiger partial charge is 0.360 e. The highest BCUT2D eigenvalue weighted by Crippen LogP contribution is 2.28. The molecule has 1 amide bonds. The number of aromatic amines is 1. The first kappa shape index (κ1) is 24.1. The van der Waals surface area contributed by atoms with Gasteiger partial charge in [0.25, 0.3) is 5.91 Å². The van der Waals surface area contributed by atoms with E-state index in [1.54, 1.807) is 24.4 Å². The standard InChI is InChI=1S/C25H33N5O3S/c1-4-7-18-8-6-13-26-24(18)30(5-2)20-11-14-29(15-12-20)25(31)22-17-27-23-10-9-19(16-21(22)23)28-34(3,32)33/h6,8-10,13,16-17,20,27-28H,4-5,7,11-12,14-15H2,1-3H3. The lowest BCUT2D eigenvalue weighted by molar-refractivity contribution is 0.0714. The maximum Gasteiger partial charge on any atom is 0.256 e. The lowest BCUT2D eigenvalue weighted by atomic mass is 10.0. The summed E-state index contributed by atoms with van der Waals surface area (Å²) in [5.41, 5.74) is 3.09. The molecule has 1 aromatic carbocycles. The number of sulfonamides is 1. The van der Waals surface area contributed by atoms with Crippen molar-refractivity contribution in [1.82, 2.24) is 14.9 Å². The van der Waals surface area contributed by atoms with Gasteiger partial charge in [-0.15, -0.1) is 0 Å². The van der Waals surface area contributed by atoms with Gasteiger partial charge in [-0.25, -0.2) is 13.4 Å². The molecule has 0 bridgehead atoms. The van der Waals surface area contributed by atoms with E-state index in [4.69, 9.17) is 4.98 Å². The lowest BCUT2D eigenvalue weighted by Crippen LogP contribution is -2.47. The van der Waals surface area contributed by atoms with E-state index in [0.29, 0.717) is 35.8 Å². The number of carbonyl (C=O) groups excluding carboxylic acids is 1. The Kier molecular flexibility index (Phi) is 7.11. The summed E-state index contributed by atoms with van der Waals surface area (Å²) in [6, 6.07) is 9.68. The minimum atomic E-state index is -3.39. The highest BCUT2D eigenvalue weighted by atomic mass is 32.2. The number of nitrogens with one attached hydrogen (secondary N) is 2. The van der Waals surface area contributed by atoms with Crippen molar-refractivity contribution in [2.45, 2.75) is 45.6 Å². The SMILES string of the molecule is CCCc1cccnc1N(CC)C1CCN(C(=O)c2c[nH]c3ccc(NS(C)(=O)=O)cc23)CC1. The summed E-state index contributed by atoms with van der Waals surface area (Å²) in [5, 5.41) is 0.716. The van der Waals surface area contributed by atoms with Gasteiger partial charge in [0, 0.05) is 54.7 Å². The first-order valence-corrected chi connectivity index (χ1v) is 13.8. The number of piperidine rings is 1. The summed E-state index contributed by atoms with van der Waals surface area (Å²) in [4.78, 5) is 25.5. The van der Waals surface area contributed by atoms with Gasteiger partial charge in [0.1, 0.15) is 5.82 Å². The van der Waals surface area contributed by atoms with Crippen LogP contribution in [0.2, 0.25) is 0 Å². The Hall–Kier alpha value is -3.07. The number of anilines is 2. The minimum Gasteiger partial charge on any atom is -0.360 e. The Balaban J connectivity index is 1.48. The Labute approximate surface area is 201 Å². The van der Waals surface area contributed by atoms with Crippen LogP contribution in [0.25, 0.3) is 10.9 Å². The molecule has 8 nitrogen and oxygen atoms in total. The third-order valence-corrected chi connectivity index (χ3v) is 7.01. The summed E-state index contributed by atoms with van der Waals surface area (Å²) >= 11 is 0. The molecule has 1 aliphatic heterocycles. The first-order chi connectivity index (χ1) is 16.3. The molecule has 2 N–H and O–H groups in total. The molecule has 1 saturated heterocycles. The fourth-order valence-corrected chi connectivity index (χ4v) is 5.42. The highest BCUT2D eigenvalue weighted by molar-refractivity contribution is 7.92. The third kappa shape index (κ3) is 5.19. The van der Waals surface area contributed by atoms with Crippen LogP contribution < -0.4 is 9.62 Å². The highest BCUT2D eigenvalue weighted by Gasteiger charge is 2.29. The van der Waals surface area contributed by atoms with Crippen molar-refractivity contribution in [1.29, 1.82) is 0 Å². The van der Waals surface area contributed by atoms with Crippen LogP contribution in [0.15, 0.2) is 42.7 Å². The van der Waals surface area contributed by atoms with E-state index in [1.807, 2.05) is 17.2 Å². The average Bonchev–Trinajstić information content (AvgIpc) is 3.23. The zero-order chi connectivity index (χ0) is 24.3. The fourth-order valence-electron chi connectivity index (χ4n) is 4.86. The van der Waals surface area contributed by atoms with Crippen molar-refractivity contribution >= 4 is 38.3 Å². The molecule has 0 radical (unpaired) electrons. The monoisotopic (exact) mass is 483 g/mol. The minimum absolute atomic E-state index is 0.0336. The van der Waals surface area contributed by atoms with Gasteiger partial charge in [-0.05, 0) is 56.0 Å². The smallest absolute Gasteiger partial charge is 0.256 e. The Morgan fingerprint density at radius 1 is 1.24 bits per heavy atom. The molecule has 1 fully saturated rings. The van der Waals surface area contributed by atoms with Crippen LogP contribution in [0.5, 0.6) is 0 Å². The van der Waals surface area contributed by atoms with Crippen molar-refractivity contribution in [2.24, 2.45) is 0 Å². The number of carbonyl (C=O) groups is 1. The molecular weight excluding hydrogens is 450 g/mol. The van der Waals surface area contributed by atoms with E-state index in [2.05, 4.69) is 34.5 Å². The number of rotatable bonds is 8. The van der Waals surface area contributed by atoms with Gasteiger partial charge < -0.3 is 14.8 Å². The predicted molar refractivity (Wildman–Crippen MR) is 137 cm³/mol. The number of benzene rings is 1. The number of amides is 1. The van der Waals surface area contributed by atoms with Crippen LogP contribution in [0.4, 0.5) is 11.5 Å². The molecule has 3 aromatic rings. The van der Waals surface area contributed by atoms with Crippen LogP contribution in [0.3, 0.4) is 0 Å². The molecule has 34 heavy (non-hydrogen) atoms. The van der Waals surface area contributed by atoms with Crippen LogP contribution in [0.1, 0.15) is 49.0 Å². The maximum atomic E-state index is 13.4. The Bertz CT molecular complexity index is 1260. The van der Waals surface area contributed by atoms with Gasteiger partial charge in [0.05, 0.1) is 11.8 Å². The summed E-state index contributed by atoms with van der Waals surface area (Å²) < 4.78 is 25.7.